The maximum absolute atomic E-state index is 10.1. The molecule has 0 heterocycles. The number of hydrogen-bond acceptors (Lipinski definition) is 2. The van der Waals surface area contributed by atoms with Crippen molar-refractivity contribution in [3.05, 3.63) is 6.08 Å². The van der Waals surface area contributed by atoms with E-state index in [2.05, 4.69) is 6.08 Å². The zero-order valence-corrected chi connectivity index (χ0v) is 5.18. The molecule has 0 saturated heterocycles. The summed E-state index contributed by atoms with van der Waals surface area (Å²) in [6.07, 6.45) is 2.43. The topological polar surface area (TPSA) is 60.2 Å². The van der Waals surface area contributed by atoms with Crippen molar-refractivity contribution in [3.8, 4) is 0 Å². The SMILES string of the molecule is C[C@H]([C]=C=O)CC(N)=O. The van der Waals surface area contributed by atoms with Gasteiger partial charge < -0.3 is 5.73 Å². The molecule has 2 N–H and O–H groups in total. The molecule has 9 heavy (non-hydrogen) atoms. The van der Waals surface area contributed by atoms with Gasteiger partial charge in [-0.3, -0.25) is 4.79 Å². The summed E-state index contributed by atoms with van der Waals surface area (Å²) in [5.74, 6) is 0.831. The van der Waals surface area contributed by atoms with Crippen molar-refractivity contribution in [1.29, 1.82) is 0 Å². The maximum Gasteiger partial charge on any atom is 0.218 e. The van der Waals surface area contributed by atoms with Crippen molar-refractivity contribution in [3.63, 3.8) is 0 Å². The number of rotatable bonds is 3. The molecule has 3 nitrogen and oxygen atoms in total. The highest BCUT2D eigenvalue weighted by molar-refractivity contribution is 5.74. The Morgan fingerprint density at radius 2 is 2.33 bits per heavy atom. The van der Waals surface area contributed by atoms with Crippen LogP contribution in [0, 0.1) is 12.0 Å². The standard InChI is InChI=1S/C6H8NO2/c1-5(2-3-8)4-6(7)9/h5H,4H2,1H3,(H2,7,9)/t5-/m1/s1. The van der Waals surface area contributed by atoms with Gasteiger partial charge in [-0.05, 0) is 0 Å². The highest BCUT2D eigenvalue weighted by Crippen LogP contribution is 1.97. The molecule has 3 heteroatoms. The molecule has 0 bridgehead atoms. The molecule has 0 aromatic carbocycles. The Kier molecular flexibility index (Phi) is 3.40. The highest BCUT2D eigenvalue weighted by atomic mass is 16.1. The van der Waals surface area contributed by atoms with Gasteiger partial charge in [-0.2, -0.15) is 0 Å². The summed E-state index contributed by atoms with van der Waals surface area (Å²) in [4.78, 5) is 19.7. The molecule has 0 spiro atoms. The van der Waals surface area contributed by atoms with E-state index in [1.54, 1.807) is 6.92 Å². The lowest BCUT2D eigenvalue weighted by molar-refractivity contribution is -0.118. The second-order valence-electron chi connectivity index (χ2n) is 1.82. The van der Waals surface area contributed by atoms with Crippen LogP contribution in [0.4, 0.5) is 0 Å². The van der Waals surface area contributed by atoms with Crippen LogP contribution in [0.15, 0.2) is 0 Å². The van der Waals surface area contributed by atoms with Gasteiger partial charge in [0.2, 0.25) is 5.91 Å². The first-order chi connectivity index (χ1) is 4.16. The van der Waals surface area contributed by atoms with E-state index in [4.69, 9.17) is 5.73 Å². The van der Waals surface area contributed by atoms with Gasteiger partial charge >= 0.3 is 0 Å². The molecular weight excluding hydrogens is 118 g/mol. The van der Waals surface area contributed by atoms with E-state index in [1.807, 2.05) is 0 Å². The van der Waals surface area contributed by atoms with Crippen LogP contribution in [0.25, 0.3) is 0 Å². The van der Waals surface area contributed by atoms with E-state index >= 15 is 0 Å². The molecule has 1 atom stereocenters. The van der Waals surface area contributed by atoms with Crippen molar-refractivity contribution in [2.45, 2.75) is 13.3 Å². The van der Waals surface area contributed by atoms with Crippen LogP contribution in [0.1, 0.15) is 13.3 Å². The highest BCUT2D eigenvalue weighted by Gasteiger charge is 2.01. The van der Waals surface area contributed by atoms with Gasteiger partial charge in [-0.25, -0.2) is 4.79 Å². The predicted octanol–water partition coefficient (Wildman–Crippen LogP) is -0.311. The normalized spacial score (nSPS) is 11.7. The van der Waals surface area contributed by atoms with E-state index in [-0.39, 0.29) is 12.3 Å². The first kappa shape index (κ1) is 7.92. The fourth-order valence-electron chi connectivity index (χ4n) is 0.453. The summed E-state index contributed by atoms with van der Waals surface area (Å²) in [5.41, 5.74) is 4.81. The lowest BCUT2D eigenvalue weighted by Crippen LogP contribution is -2.13. The van der Waals surface area contributed by atoms with Crippen LogP contribution in [0.2, 0.25) is 0 Å². The van der Waals surface area contributed by atoms with Gasteiger partial charge in [-0.1, -0.05) is 6.92 Å². The number of carbonyl (C=O) groups excluding carboxylic acids is 2. The van der Waals surface area contributed by atoms with Gasteiger partial charge in [0, 0.05) is 12.3 Å². The molecule has 0 aliphatic rings. The number of carbonyl (C=O) groups is 1. The van der Waals surface area contributed by atoms with E-state index in [1.165, 1.54) is 5.94 Å². The van der Waals surface area contributed by atoms with Crippen LogP contribution >= 0.6 is 0 Å². The Balaban J connectivity index is 3.62. The van der Waals surface area contributed by atoms with Crippen LogP contribution in [0.5, 0.6) is 0 Å². The predicted molar refractivity (Wildman–Crippen MR) is 31.9 cm³/mol. The minimum Gasteiger partial charge on any atom is -0.370 e. The summed E-state index contributed by atoms with van der Waals surface area (Å²) >= 11 is 0. The Hall–Kier alpha value is -1.08. The quantitative estimate of drug-likeness (QED) is 0.527. The smallest absolute Gasteiger partial charge is 0.218 e. The molecular formula is C6H8NO2. The molecule has 0 rings (SSSR count). The number of hydrogen-bond donors (Lipinski definition) is 1. The summed E-state index contributed by atoms with van der Waals surface area (Å²) in [5, 5.41) is 0. The second-order valence-corrected chi connectivity index (χ2v) is 1.82. The zero-order valence-electron chi connectivity index (χ0n) is 5.18. The van der Waals surface area contributed by atoms with Crippen LogP contribution < -0.4 is 5.73 Å². The van der Waals surface area contributed by atoms with E-state index < -0.39 is 5.91 Å². The number of primary amides is 1. The molecule has 49 valence electrons. The van der Waals surface area contributed by atoms with Gasteiger partial charge in [0.05, 0.1) is 6.08 Å². The average Bonchev–Trinajstić information content (AvgIpc) is 1.63. The number of amides is 1. The number of nitrogens with two attached hydrogens (primary N) is 1. The molecule has 0 aromatic rings. The van der Waals surface area contributed by atoms with E-state index in [0.29, 0.717) is 0 Å². The monoisotopic (exact) mass is 126 g/mol. The molecule has 0 aromatic heterocycles. The summed E-state index contributed by atoms with van der Waals surface area (Å²) in [6.45, 7) is 1.68. The first-order valence-electron chi connectivity index (χ1n) is 2.57. The zero-order chi connectivity index (χ0) is 7.28. The molecule has 0 saturated carbocycles. The van der Waals surface area contributed by atoms with E-state index in [0.717, 1.165) is 0 Å². The molecule has 0 aliphatic heterocycles. The van der Waals surface area contributed by atoms with Crippen molar-refractivity contribution in [2.75, 3.05) is 0 Å². The molecule has 0 aliphatic carbocycles. The Morgan fingerprint density at radius 1 is 1.78 bits per heavy atom. The fraction of sp³-hybridized carbons (Fsp3) is 0.500. The van der Waals surface area contributed by atoms with Crippen LogP contribution in [0.3, 0.4) is 0 Å². The van der Waals surface area contributed by atoms with Crippen molar-refractivity contribution in [2.24, 2.45) is 11.7 Å². The lowest BCUT2D eigenvalue weighted by Gasteiger charge is -1.95. The molecule has 0 unspecified atom stereocenters. The van der Waals surface area contributed by atoms with E-state index in [9.17, 15) is 9.59 Å². The fourth-order valence-corrected chi connectivity index (χ4v) is 0.453. The minimum absolute atomic E-state index is 0.162. The average molecular weight is 126 g/mol. The summed E-state index contributed by atoms with van der Waals surface area (Å²) in [6, 6.07) is 0. The van der Waals surface area contributed by atoms with Crippen molar-refractivity contribution in [1.82, 2.24) is 0 Å². The maximum atomic E-state index is 10.1. The van der Waals surface area contributed by atoms with Gasteiger partial charge in [0.1, 0.15) is 5.94 Å². The lowest BCUT2D eigenvalue weighted by atomic mass is 10.1. The largest absolute Gasteiger partial charge is 0.370 e. The molecule has 0 fully saturated rings. The summed E-state index contributed by atoms with van der Waals surface area (Å²) in [7, 11) is 0. The number of allylic oxidation sites excluding steroid dienone is 1. The minimum atomic E-state index is -0.426. The van der Waals surface area contributed by atoms with Crippen LogP contribution in [-0.4, -0.2) is 11.8 Å². The van der Waals surface area contributed by atoms with Crippen molar-refractivity contribution < 1.29 is 9.59 Å². The Bertz CT molecular complexity index is 147. The van der Waals surface area contributed by atoms with Gasteiger partial charge in [-0.15, -0.1) is 0 Å². The first-order valence-corrected chi connectivity index (χ1v) is 2.57. The third-order valence-corrected chi connectivity index (χ3v) is 0.813. The van der Waals surface area contributed by atoms with Crippen LogP contribution in [-0.2, 0) is 9.59 Å². The molecule has 1 amide bonds. The summed E-state index contributed by atoms with van der Waals surface area (Å²) < 4.78 is 0. The second kappa shape index (κ2) is 3.87. The Labute approximate surface area is 53.5 Å². The van der Waals surface area contributed by atoms with Gasteiger partial charge in [0.25, 0.3) is 0 Å². The third kappa shape index (κ3) is 4.78. The van der Waals surface area contributed by atoms with Gasteiger partial charge in [0.15, 0.2) is 0 Å². The third-order valence-electron chi connectivity index (χ3n) is 0.813. The van der Waals surface area contributed by atoms with Crippen molar-refractivity contribution >= 4 is 11.8 Å². The Morgan fingerprint density at radius 3 is 2.67 bits per heavy atom. The molecule has 1 radical (unpaired) electrons.